The first-order valence-corrected chi connectivity index (χ1v) is 12.2. The number of Topliss-reactive ketones (excluding diaryl/α,β-unsaturated/α-hetero) is 1. The maximum atomic E-state index is 12.7. The van der Waals surface area contributed by atoms with Crippen molar-refractivity contribution in [3.8, 4) is 0 Å². The minimum absolute atomic E-state index is 0.0503. The number of carbonyl (C=O) groups excluding carboxylic acids is 1. The summed E-state index contributed by atoms with van der Waals surface area (Å²) in [5.41, 5.74) is 2.55. The van der Waals surface area contributed by atoms with Crippen LogP contribution in [0.15, 0.2) is 60.7 Å². The zero-order valence-electron chi connectivity index (χ0n) is 17.2. The Balaban J connectivity index is 1.67. The Labute approximate surface area is 175 Å². The van der Waals surface area contributed by atoms with E-state index >= 15 is 0 Å². The first-order valence-electron chi connectivity index (χ1n) is 10.2. The van der Waals surface area contributed by atoms with E-state index in [0.717, 1.165) is 12.8 Å². The Bertz CT molecular complexity index is 832. The number of benzene rings is 2. The van der Waals surface area contributed by atoms with Gasteiger partial charge in [0, 0.05) is 0 Å². The van der Waals surface area contributed by atoms with Crippen LogP contribution >= 0.6 is 0 Å². The predicted octanol–water partition coefficient (Wildman–Crippen LogP) is 5.63. The van der Waals surface area contributed by atoms with Crippen molar-refractivity contribution in [1.82, 2.24) is 0 Å². The van der Waals surface area contributed by atoms with E-state index in [1.165, 1.54) is 11.1 Å². The van der Waals surface area contributed by atoms with Gasteiger partial charge in [-0.05, 0) is 0 Å². The van der Waals surface area contributed by atoms with Crippen LogP contribution in [0.25, 0.3) is 0 Å². The standard InChI is InChI=1S/C25H30O2Se/c1-24(2)19-15-21(26)25(24,3)16-20(19)28-23(18-13-9-6-10-14-18)22(27-4)17-11-7-5-8-12-17/h5-14,19-20,22-23H,15-16H2,1-4H3/t19?,20-,22-,23-,25?/m1/s1. The van der Waals surface area contributed by atoms with Gasteiger partial charge in [0.2, 0.25) is 0 Å². The second kappa shape index (κ2) is 7.44. The van der Waals surface area contributed by atoms with Gasteiger partial charge in [-0.25, -0.2) is 0 Å². The monoisotopic (exact) mass is 442 g/mol. The van der Waals surface area contributed by atoms with Crippen LogP contribution in [0.5, 0.6) is 0 Å². The molecule has 0 amide bonds. The average Bonchev–Trinajstić information content (AvgIpc) is 3.00. The fraction of sp³-hybridized carbons (Fsp3) is 0.480. The van der Waals surface area contributed by atoms with Gasteiger partial charge < -0.3 is 0 Å². The summed E-state index contributed by atoms with van der Waals surface area (Å²) in [7, 11) is 1.83. The van der Waals surface area contributed by atoms with Crippen LogP contribution in [0.3, 0.4) is 0 Å². The summed E-state index contributed by atoms with van der Waals surface area (Å²) in [6.45, 7) is 6.86. The van der Waals surface area contributed by atoms with Crippen molar-refractivity contribution in [2.45, 2.75) is 49.3 Å². The SMILES string of the molecule is CO[C@H](c1ccccc1)[C@H]([Se][C@@H]1CC2(C)C(=O)CC1C2(C)C)c1ccccc1. The molecule has 148 valence electrons. The summed E-state index contributed by atoms with van der Waals surface area (Å²) in [6.07, 6.45) is 1.85. The molecular weight excluding hydrogens is 411 g/mol. The van der Waals surface area contributed by atoms with Gasteiger partial charge in [-0.1, -0.05) is 0 Å². The summed E-state index contributed by atoms with van der Waals surface area (Å²) >= 11 is 0.346. The van der Waals surface area contributed by atoms with Crippen LogP contribution < -0.4 is 0 Å². The first kappa shape index (κ1) is 19.9. The van der Waals surface area contributed by atoms with Gasteiger partial charge in [0.25, 0.3) is 0 Å². The van der Waals surface area contributed by atoms with Crippen molar-refractivity contribution in [2.75, 3.05) is 7.11 Å². The van der Waals surface area contributed by atoms with Crippen molar-refractivity contribution in [1.29, 1.82) is 0 Å². The molecule has 5 atom stereocenters. The Kier molecular flexibility index (Phi) is 5.29. The third-order valence-electron chi connectivity index (χ3n) is 7.53. The molecule has 2 saturated carbocycles. The Morgan fingerprint density at radius 1 is 0.964 bits per heavy atom. The minimum atomic E-state index is -0.152. The molecule has 0 heterocycles. The van der Waals surface area contributed by atoms with Crippen molar-refractivity contribution >= 4 is 20.7 Å². The van der Waals surface area contributed by atoms with Gasteiger partial charge in [0.1, 0.15) is 0 Å². The van der Waals surface area contributed by atoms with Crippen molar-refractivity contribution in [3.05, 3.63) is 71.8 Å². The molecule has 2 bridgehead atoms. The number of rotatable bonds is 6. The van der Waals surface area contributed by atoms with Gasteiger partial charge in [0.05, 0.1) is 0 Å². The van der Waals surface area contributed by atoms with E-state index < -0.39 is 0 Å². The van der Waals surface area contributed by atoms with E-state index in [-0.39, 0.29) is 16.9 Å². The molecule has 0 radical (unpaired) electrons. The zero-order valence-corrected chi connectivity index (χ0v) is 18.9. The molecule has 4 rings (SSSR count). The van der Waals surface area contributed by atoms with Gasteiger partial charge in [-0.3, -0.25) is 0 Å². The molecule has 2 aliphatic carbocycles. The third-order valence-corrected chi connectivity index (χ3v) is 11.0. The number of hydrogen-bond acceptors (Lipinski definition) is 2. The molecular formula is C25H30O2Se. The Morgan fingerprint density at radius 3 is 2.00 bits per heavy atom. The quantitative estimate of drug-likeness (QED) is 0.543. The van der Waals surface area contributed by atoms with Gasteiger partial charge in [-0.2, -0.15) is 0 Å². The molecule has 0 spiro atoms. The van der Waals surface area contributed by atoms with Gasteiger partial charge in [-0.15, -0.1) is 0 Å². The molecule has 2 nitrogen and oxygen atoms in total. The number of methoxy groups -OCH3 is 1. The third kappa shape index (κ3) is 3.09. The molecule has 0 saturated heterocycles. The molecule has 0 aliphatic heterocycles. The number of carbonyl (C=O) groups is 1. The number of fused-ring (bicyclic) bond motifs is 2. The molecule has 2 aromatic carbocycles. The van der Waals surface area contributed by atoms with E-state index in [1.807, 2.05) is 7.11 Å². The van der Waals surface area contributed by atoms with Crippen LogP contribution in [0.2, 0.25) is 4.82 Å². The van der Waals surface area contributed by atoms with Crippen molar-refractivity contribution in [2.24, 2.45) is 16.7 Å². The normalized spacial score (nSPS) is 30.4. The predicted molar refractivity (Wildman–Crippen MR) is 114 cm³/mol. The van der Waals surface area contributed by atoms with Crippen molar-refractivity contribution in [3.63, 3.8) is 0 Å². The molecule has 2 unspecified atom stereocenters. The van der Waals surface area contributed by atoms with Crippen LogP contribution in [0.1, 0.15) is 55.7 Å². The Morgan fingerprint density at radius 2 is 1.54 bits per heavy atom. The van der Waals surface area contributed by atoms with Crippen LogP contribution in [0.4, 0.5) is 0 Å². The fourth-order valence-electron chi connectivity index (χ4n) is 5.34. The maximum absolute atomic E-state index is 12.7. The van der Waals surface area contributed by atoms with Crippen LogP contribution in [-0.2, 0) is 9.53 Å². The Hall–Kier alpha value is -1.41. The number of ketones is 1. The summed E-state index contributed by atoms with van der Waals surface area (Å²) in [5, 5.41) is 0. The number of hydrogen-bond donors (Lipinski definition) is 0. The first-order chi connectivity index (χ1) is 13.4. The molecule has 2 aliphatic rings. The fourth-order valence-corrected chi connectivity index (χ4v) is 9.87. The van der Waals surface area contributed by atoms with E-state index in [9.17, 15) is 4.79 Å². The van der Waals surface area contributed by atoms with Gasteiger partial charge in [0.15, 0.2) is 0 Å². The summed E-state index contributed by atoms with van der Waals surface area (Å²) in [5.74, 6) is 0.988. The molecule has 0 N–H and O–H groups in total. The van der Waals surface area contributed by atoms with E-state index in [1.54, 1.807) is 0 Å². The van der Waals surface area contributed by atoms with E-state index in [2.05, 4.69) is 81.4 Å². The van der Waals surface area contributed by atoms with Crippen LogP contribution in [-0.4, -0.2) is 27.8 Å². The number of ether oxygens (including phenoxy) is 1. The zero-order chi connectivity index (χ0) is 19.9. The molecule has 2 fully saturated rings. The summed E-state index contributed by atoms with van der Waals surface area (Å²) in [4.78, 5) is 13.6. The van der Waals surface area contributed by atoms with Crippen LogP contribution in [0, 0.1) is 16.7 Å². The average molecular weight is 441 g/mol. The summed E-state index contributed by atoms with van der Waals surface area (Å²) < 4.78 is 6.09. The summed E-state index contributed by atoms with van der Waals surface area (Å²) in [6, 6.07) is 21.4. The van der Waals surface area contributed by atoms with Crippen molar-refractivity contribution < 1.29 is 9.53 Å². The molecule has 3 heteroatoms. The molecule has 0 aromatic heterocycles. The molecule has 2 aromatic rings. The van der Waals surface area contributed by atoms with E-state index in [0.29, 0.717) is 36.3 Å². The second-order valence-corrected chi connectivity index (χ2v) is 12.0. The van der Waals surface area contributed by atoms with E-state index in [4.69, 9.17) is 4.74 Å². The van der Waals surface area contributed by atoms with Gasteiger partial charge >= 0.3 is 175 Å². The molecule has 28 heavy (non-hydrogen) atoms. The topological polar surface area (TPSA) is 26.3 Å². The second-order valence-electron chi connectivity index (χ2n) is 9.06.